The normalized spacial score (nSPS) is 11.7. The first-order chi connectivity index (χ1) is 14.0. The van der Waals surface area contributed by atoms with Crippen LogP contribution in [0.4, 0.5) is 5.69 Å². The molecule has 150 valence electrons. The van der Waals surface area contributed by atoms with E-state index in [-0.39, 0.29) is 30.9 Å². The van der Waals surface area contributed by atoms with Gasteiger partial charge in [0.05, 0.1) is 36.1 Å². The molecule has 2 amide bonds. The first-order valence-corrected chi connectivity index (χ1v) is 9.52. The van der Waals surface area contributed by atoms with Gasteiger partial charge in [0.15, 0.2) is 0 Å². The van der Waals surface area contributed by atoms with E-state index in [1.165, 1.54) is 4.90 Å². The van der Waals surface area contributed by atoms with Crippen LogP contribution in [0.5, 0.6) is 0 Å². The minimum absolute atomic E-state index is 0.0517. The zero-order valence-corrected chi connectivity index (χ0v) is 16.7. The van der Waals surface area contributed by atoms with Crippen molar-refractivity contribution < 1.29 is 14.0 Å². The zero-order valence-electron chi connectivity index (χ0n) is 16.0. The maximum absolute atomic E-state index is 12.5. The summed E-state index contributed by atoms with van der Waals surface area (Å²) in [4.78, 5) is 26.1. The molecule has 1 heterocycles. The molecule has 0 radical (unpaired) electrons. The Morgan fingerprint density at radius 3 is 2.45 bits per heavy atom. The molecule has 0 aliphatic rings. The van der Waals surface area contributed by atoms with Crippen LogP contribution in [0, 0.1) is 0 Å². The fourth-order valence-corrected chi connectivity index (χ4v) is 3.05. The smallest absolute Gasteiger partial charge is 0.244 e. The van der Waals surface area contributed by atoms with Crippen molar-refractivity contribution in [2.75, 3.05) is 25.5 Å². The summed E-state index contributed by atoms with van der Waals surface area (Å²) in [6.07, 6.45) is 1.60. The van der Waals surface area contributed by atoms with E-state index in [1.54, 1.807) is 43.6 Å². The number of anilines is 1. The van der Waals surface area contributed by atoms with Crippen molar-refractivity contribution in [1.29, 1.82) is 0 Å². The van der Waals surface area contributed by atoms with Crippen molar-refractivity contribution in [2.24, 2.45) is 0 Å². The zero-order chi connectivity index (χ0) is 20.6. The van der Waals surface area contributed by atoms with E-state index in [0.717, 1.165) is 5.56 Å². The molecular weight excluding hydrogens is 390 g/mol. The summed E-state index contributed by atoms with van der Waals surface area (Å²) in [5.74, 6) is 0.175. The van der Waals surface area contributed by atoms with Crippen LogP contribution in [0.2, 0.25) is 5.02 Å². The Bertz CT molecular complexity index is 945. The predicted octanol–water partition coefficient (Wildman–Crippen LogP) is 3.71. The van der Waals surface area contributed by atoms with Crippen LogP contribution in [-0.4, -0.2) is 36.9 Å². The van der Waals surface area contributed by atoms with Gasteiger partial charge in [-0.2, -0.15) is 0 Å². The van der Waals surface area contributed by atoms with Gasteiger partial charge in [-0.05, 0) is 29.8 Å². The average molecular weight is 412 g/mol. The number of nitrogens with zero attached hydrogens (tertiary/aromatic N) is 1. The van der Waals surface area contributed by atoms with E-state index < -0.39 is 0 Å². The standard InChI is InChI=1S/C22H22ClN3O3/c1-26(15-20(27)25-18-11-6-5-10-17(18)23)21(28)14-24-22(19-12-7-13-29-19)16-8-3-2-4-9-16/h2-13,22,24H,14-15H2,1H3,(H,25,27)/t22-/m0/s1. The van der Waals surface area contributed by atoms with Crippen LogP contribution in [0.1, 0.15) is 17.4 Å². The number of para-hydroxylation sites is 1. The molecule has 0 saturated heterocycles. The maximum atomic E-state index is 12.5. The van der Waals surface area contributed by atoms with Gasteiger partial charge in [-0.1, -0.05) is 54.1 Å². The molecule has 29 heavy (non-hydrogen) atoms. The lowest BCUT2D eigenvalue weighted by Crippen LogP contribution is -2.41. The second-order valence-electron chi connectivity index (χ2n) is 6.52. The molecule has 0 fully saturated rings. The van der Waals surface area contributed by atoms with Gasteiger partial charge in [0.2, 0.25) is 11.8 Å². The summed E-state index contributed by atoms with van der Waals surface area (Å²) in [5, 5.41) is 6.37. The third-order valence-electron chi connectivity index (χ3n) is 4.37. The Balaban J connectivity index is 1.57. The SMILES string of the molecule is CN(CC(=O)Nc1ccccc1Cl)C(=O)CN[C@@H](c1ccccc1)c1ccco1. The summed E-state index contributed by atoms with van der Waals surface area (Å²) < 4.78 is 5.52. The highest BCUT2D eigenvalue weighted by molar-refractivity contribution is 6.33. The third-order valence-corrected chi connectivity index (χ3v) is 4.70. The lowest BCUT2D eigenvalue weighted by Gasteiger charge is -2.21. The van der Waals surface area contributed by atoms with Gasteiger partial charge in [-0.15, -0.1) is 0 Å². The summed E-state index contributed by atoms with van der Waals surface area (Å²) in [6, 6.07) is 20.1. The van der Waals surface area contributed by atoms with Crippen molar-refractivity contribution in [3.05, 3.63) is 89.3 Å². The molecule has 1 atom stereocenters. The van der Waals surface area contributed by atoms with Crippen molar-refractivity contribution in [3.63, 3.8) is 0 Å². The van der Waals surface area contributed by atoms with Gasteiger partial charge in [0, 0.05) is 7.05 Å². The number of hydrogen-bond donors (Lipinski definition) is 2. The fraction of sp³-hybridized carbons (Fsp3) is 0.182. The number of rotatable bonds is 8. The van der Waals surface area contributed by atoms with Crippen LogP contribution in [0.25, 0.3) is 0 Å². The van der Waals surface area contributed by atoms with Crippen LogP contribution >= 0.6 is 11.6 Å². The first kappa shape index (κ1) is 20.6. The third kappa shape index (κ3) is 5.70. The molecule has 0 aliphatic carbocycles. The second kappa shape index (κ2) is 9.91. The maximum Gasteiger partial charge on any atom is 0.244 e. The Hall–Kier alpha value is -3.09. The Kier molecular flexibility index (Phi) is 7.05. The summed E-state index contributed by atoms with van der Waals surface area (Å²) >= 11 is 6.04. The van der Waals surface area contributed by atoms with Crippen LogP contribution in [0.3, 0.4) is 0 Å². The molecule has 3 aromatic rings. The van der Waals surface area contributed by atoms with Crippen molar-refractivity contribution >= 4 is 29.1 Å². The molecule has 7 heteroatoms. The van der Waals surface area contributed by atoms with E-state index >= 15 is 0 Å². The molecule has 2 N–H and O–H groups in total. The molecule has 1 aromatic heterocycles. The van der Waals surface area contributed by atoms with Crippen molar-refractivity contribution in [3.8, 4) is 0 Å². The molecule has 2 aromatic carbocycles. The number of halogens is 1. The van der Waals surface area contributed by atoms with Crippen molar-refractivity contribution in [2.45, 2.75) is 6.04 Å². The topological polar surface area (TPSA) is 74.6 Å². The van der Waals surface area contributed by atoms with Gasteiger partial charge in [-0.25, -0.2) is 0 Å². The lowest BCUT2D eigenvalue weighted by molar-refractivity contribution is -0.132. The Morgan fingerprint density at radius 1 is 1.03 bits per heavy atom. The number of furan rings is 1. The van der Waals surface area contributed by atoms with Gasteiger partial charge in [0.25, 0.3) is 0 Å². The first-order valence-electron chi connectivity index (χ1n) is 9.14. The fourth-order valence-electron chi connectivity index (χ4n) is 2.86. The van der Waals surface area contributed by atoms with Gasteiger partial charge in [-0.3, -0.25) is 14.9 Å². The number of carbonyl (C=O) groups is 2. The summed E-state index contributed by atoms with van der Waals surface area (Å²) in [6.45, 7) is -0.0291. The molecule has 6 nitrogen and oxygen atoms in total. The van der Waals surface area contributed by atoms with E-state index in [2.05, 4.69) is 10.6 Å². The highest BCUT2D eigenvalue weighted by Crippen LogP contribution is 2.22. The summed E-state index contributed by atoms with van der Waals surface area (Å²) in [5.41, 5.74) is 1.49. The molecule has 0 unspecified atom stereocenters. The molecule has 0 spiro atoms. The van der Waals surface area contributed by atoms with E-state index in [1.807, 2.05) is 36.4 Å². The summed E-state index contributed by atoms with van der Waals surface area (Å²) in [7, 11) is 1.58. The molecular formula is C22H22ClN3O3. The number of amides is 2. The average Bonchev–Trinajstić information content (AvgIpc) is 3.25. The van der Waals surface area contributed by atoms with Crippen LogP contribution < -0.4 is 10.6 Å². The van der Waals surface area contributed by atoms with E-state index in [4.69, 9.17) is 16.0 Å². The molecule has 0 bridgehead atoms. The molecule has 3 rings (SSSR count). The molecule has 0 aliphatic heterocycles. The van der Waals surface area contributed by atoms with Crippen molar-refractivity contribution in [1.82, 2.24) is 10.2 Å². The number of hydrogen-bond acceptors (Lipinski definition) is 4. The quantitative estimate of drug-likeness (QED) is 0.592. The van der Waals surface area contributed by atoms with Gasteiger partial charge >= 0.3 is 0 Å². The van der Waals surface area contributed by atoms with Crippen LogP contribution in [0.15, 0.2) is 77.4 Å². The highest BCUT2D eigenvalue weighted by Gasteiger charge is 2.19. The van der Waals surface area contributed by atoms with Gasteiger partial charge in [0.1, 0.15) is 5.76 Å². The number of benzene rings is 2. The van der Waals surface area contributed by atoms with E-state index in [0.29, 0.717) is 16.5 Å². The predicted molar refractivity (Wildman–Crippen MR) is 113 cm³/mol. The number of nitrogens with one attached hydrogen (secondary N) is 2. The van der Waals surface area contributed by atoms with E-state index in [9.17, 15) is 9.59 Å². The Labute approximate surface area is 174 Å². The number of carbonyl (C=O) groups excluding carboxylic acids is 2. The Morgan fingerprint density at radius 2 is 1.76 bits per heavy atom. The van der Waals surface area contributed by atoms with Gasteiger partial charge < -0.3 is 14.6 Å². The largest absolute Gasteiger partial charge is 0.467 e. The highest BCUT2D eigenvalue weighted by atomic mass is 35.5. The number of likely N-dealkylation sites (N-methyl/N-ethyl adjacent to an activating group) is 1. The lowest BCUT2D eigenvalue weighted by atomic mass is 10.0. The van der Waals surface area contributed by atoms with Crippen LogP contribution in [-0.2, 0) is 9.59 Å². The minimum atomic E-state index is -0.320. The molecule has 0 saturated carbocycles. The second-order valence-corrected chi connectivity index (χ2v) is 6.93. The monoisotopic (exact) mass is 411 g/mol. The minimum Gasteiger partial charge on any atom is -0.467 e.